The van der Waals surface area contributed by atoms with Crippen molar-refractivity contribution in [2.45, 2.75) is 58.7 Å². The molecule has 4 amide bonds. The van der Waals surface area contributed by atoms with Crippen LogP contribution in [0, 0.1) is 11.8 Å². The second-order valence-corrected chi connectivity index (χ2v) is 9.55. The first-order chi connectivity index (χ1) is 15.6. The molecule has 33 heavy (non-hydrogen) atoms. The van der Waals surface area contributed by atoms with Gasteiger partial charge in [0.2, 0.25) is 5.91 Å². The minimum Gasteiger partial charge on any atom is -0.485 e. The second-order valence-electron chi connectivity index (χ2n) is 9.55. The number of carbonyl (C=O) groups excluding carboxylic acids is 3. The zero-order valence-electron chi connectivity index (χ0n) is 20.1. The maximum Gasteiger partial charge on any atom is 0.317 e. The Hall–Kier alpha value is -2.81. The van der Waals surface area contributed by atoms with Gasteiger partial charge in [0.1, 0.15) is 6.10 Å². The summed E-state index contributed by atoms with van der Waals surface area (Å²) < 4.78 is 6.39. The number of fused-ring (bicyclic) bond motifs is 1. The highest BCUT2D eigenvalue weighted by atomic mass is 16.5. The molecule has 182 valence electrons. The molecular formula is C24H36N4O5. The van der Waals surface area contributed by atoms with Crippen molar-refractivity contribution in [3.05, 3.63) is 23.8 Å². The molecule has 3 atom stereocenters. The average Bonchev–Trinajstić information content (AvgIpc) is 3.61. The number of amides is 4. The summed E-state index contributed by atoms with van der Waals surface area (Å²) in [5, 5.41) is 15.6. The molecular weight excluding hydrogens is 424 g/mol. The van der Waals surface area contributed by atoms with Crippen LogP contribution in [0.25, 0.3) is 0 Å². The molecule has 1 fully saturated rings. The second kappa shape index (κ2) is 10.4. The van der Waals surface area contributed by atoms with Gasteiger partial charge in [-0.2, -0.15) is 0 Å². The third-order valence-electron chi connectivity index (χ3n) is 6.11. The Balaban J connectivity index is 1.96. The predicted octanol–water partition coefficient (Wildman–Crippen LogP) is 2.30. The molecule has 1 aliphatic heterocycles. The van der Waals surface area contributed by atoms with Gasteiger partial charge in [-0.3, -0.25) is 9.59 Å². The summed E-state index contributed by atoms with van der Waals surface area (Å²) in [4.78, 5) is 41.6. The van der Waals surface area contributed by atoms with Crippen molar-refractivity contribution < 1.29 is 24.2 Å². The van der Waals surface area contributed by atoms with Gasteiger partial charge >= 0.3 is 6.03 Å². The van der Waals surface area contributed by atoms with Crippen LogP contribution in [-0.2, 0) is 4.79 Å². The fourth-order valence-corrected chi connectivity index (χ4v) is 3.85. The maximum atomic E-state index is 13.4. The predicted molar refractivity (Wildman–Crippen MR) is 125 cm³/mol. The molecule has 1 aromatic carbocycles. The van der Waals surface area contributed by atoms with E-state index in [2.05, 4.69) is 10.6 Å². The van der Waals surface area contributed by atoms with Crippen molar-refractivity contribution in [2.75, 3.05) is 32.1 Å². The van der Waals surface area contributed by atoms with Gasteiger partial charge < -0.3 is 30.3 Å². The Labute approximate surface area is 195 Å². The van der Waals surface area contributed by atoms with Crippen LogP contribution in [-0.4, -0.2) is 77.7 Å². The normalized spacial score (nSPS) is 21.4. The zero-order valence-corrected chi connectivity index (χ0v) is 20.1. The minimum absolute atomic E-state index is 0.000827. The molecule has 0 bridgehead atoms. The van der Waals surface area contributed by atoms with Crippen LogP contribution < -0.4 is 15.4 Å². The van der Waals surface area contributed by atoms with Crippen LogP contribution in [0.1, 0.15) is 50.9 Å². The van der Waals surface area contributed by atoms with Crippen molar-refractivity contribution in [1.29, 1.82) is 0 Å². The van der Waals surface area contributed by atoms with E-state index in [9.17, 15) is 19.5 Å². The maximum absolute atomic E-state index is 13.4. The lowest BCUT2D eigenvalue weighted by atomic mass is 9.99. The number of benzene rings is 1. The van der Waals surface area contributed by atoms with Crippen LogP contribution >= 0.6 is 0 Å². The highest BCUT2D eigenvalue weighted by Crippen LogP contribution is 2.37. The van der Waals surface area contributed by atoms with E-state index in [1.54, 1.807) is 42.0 Å². The van der Waals surface area contributed by atoms with Crippen LogP contribution in [0.5, 0.6) is 5.75 Å². The Morgan fingerprint density at radius 2 is 1.97 bits per heavy atom. The van der Waals surface area contributed by atoms with E-state index >= 15 is 0 Å². The Morgan fingerprint density at radius 3 is 2.58 bits per heavy atom. The summed E-state index contributed by atoms with van der Waals surface area (Å²) in [7, 11) is 1.70. The van der Waals surface area contributed by atoms with E-state index in [0.717, 1.165) is 12.8 Å². The first kappa shape index (κ1) is 24.8. The number of hydrogen-bond acceptors (Lipinski definition) is 5. The summed E-state index contributed by atoms with van der Waals surface area (Å²) in [6.07, 6.45) is 1.28. The molecule has 0 unspecified atom stereocenters. The molecule has 1 saturated carbocycles. The standard InChI is InChI=1S/C24H36N4O5/c1-14(2)25-24(32)27(5)12-20-15(3)11-28(16(4)13-29)23(31)18-7-6-8-19(21(18)33-20)26-22(30)17-9-10-17/h6-8,14-17,20,29H,9-13H2,1-5H3,(H,25,32)(H,26,30)/t15-,16+,20-/m0/s1. The Bertz CT molecular complexity index is 886. The van der Waals surface area contributed by atoms with E-state index in [-0.39, 0.29) is 42.3 Å². The molecule has 1 aromatic rings. The lowest BCUT2D eigenvalue weighted by molar-refractivity contribution is -0.117. The van der Waals surface area contributed by atoms with Gasteiger partial charge in [0.25, 0.3) is 5.91 Å². The number of urea groups is 1. The summed E-state index contributed by atoms with van der Waals surface area (Å²) in [6, 6.07) is 4.51. The number of para-hydroxylation sites is 1. The summed E-state index contributed by atoms with van der Waals surface area (Å²) in [5.41, 5.74) is 0.776. The van der Waals surface area contributed by atoms with Gasteiger partial charge in [-0.05, 0) is 45.7 Å². The third-order valence-corrected chi connectivity index (χ3v) is 6.11. The first-order valence-corrected chi connectivity index (χ1v) is 11.7. The number of ether oxygens (including phenoxy) is 1. The van der Waals surface area contributed by atoms with E-state index < -0.39 is 12.1 Å². The van der Waals surface area contributed by atoms with Gasteiger partial charge in [-0.1, -0.05) is 13.0 Å². The Kier molecular flexibility index (Phi) is 7.84. The number of hydrogen-bond donors (Lipinski definition) is 3. The number of aliphatic hydroxyl groups excluding tert-OH is 1. The molecule has 0 aromatic heterocycles. The minimum atomic E-state index is -0.438. The van der Waals surface area contributed by atoms with Crippen molar-refractivity contribution in [3.63, 3.8) is 0 Å². The molecule has 9 heteroatoms. The van der Waals surface area contributed by atoms with E-state index in [1.807, 2.05) is 20.8 Å². The molecule has 3 rings (SSSR count). The van der Waals surface area contributed by atoms with Gasteiger partial charge in [-0.25, -0.2) is 4.79 Å². The van der Waals surface area contributed by atoms with Crippen LogP contribution in [0.2, 0.25) is 0 Å². The van der Waals surface area contributed by atoms with Crippen LogP contribution in [0.4, 0.5) is 10.5 Å². The first-order valence-electron chi connectivity index (χ1n) is 11.7. The summed E-state index contributed by atoms with van der Waals surface area (Å²) in [6.45, 7) is 8.02. The zero-order chi connectivity index (χ0) is 24.3. The van der Waals surface area contributed by atoms with Crippen molar-refractivity contribution in [2.24, 2.45) is 11.8 Å². The SMILES string of the molecule is CC(C)NC(=O)N(C)C[C@@H]1Oc2c(NC(=O)C3CC3)cccc2C(=O)N([C@H](C)CO)C[C@@H]1C. The molecule has 3 N–H and O–H groups in total. The van der Waals surface area contributed by atoms with E-state index in [4.69, 9.17) is 4.74 Å². The number of carbonyl (C=O) groups is 3. The van der Waals surface area contributed by atoms with Crippen molar-refractivity contribution in [3.8, 4) is 5.75 Å². The number of nitrogens with zero attached hydrogens (tertiary/aromatic N) is 2. The lowest BCUT2D eigenvalue weighted by Gasteiger charge is -2.38. The summed E-state index contributed by atoms with van der Waals surface area (Å²) in [5.74, 6) is -0.180. The number of rotatable bonds is 7. The van der Waals surface area contributed by atoms with Crippen molar-refractivity contribution in [1.82, 2.24) is 15.1 Å². The Morgan fingerprint density at radius 1 is 1.27 bits per heavy atom. The monoisotopic (exact) mass is 460 g/mol. The highest BCUT2D eigenvalue weighted by molar-refractivity contribution is 6.02. The largest absolute Gasteiger partial charge is 0.485 e. The van der Waals surface area contributed by atoms with E-state index in [1.165, 1.54) is 0 Å². The molecule has 9 nitrogen and oxygen atoms in total. The van der Waals surface area contributed by atoms with Gasteiger partial charge in [-0.15, -0.1) is 0 Å². The summed E-state index contributed by atoms with van der Waals surface area (Å²) >= 11 is 0. The van der Waals surface area contributed by atoms with E-state index in [0.29, 0.717) is 30.1 Å². The fraction of sp³-hybridized carbons (Fsp3) is 0.625. The average molecular weight is 461 g/mol. The number of anilines is 1. The number of likely N-dealkylation sites (N-methyl/N-ethyl adjacent to an activating group) is 1. The number of nitrogens with one attached hydrogen (secondary N) is 2. The number of aliphatic hydroxyl groups is 1. The smallest absolute Gasteiger partial charge is 0.317 e. The van der Waals surface area contributed by atoms with Crippen LogP contribution in [0.15, 0.2) is 18.2 Å². The molecule has 1 heterocycles. The molecule has 0 spiro atoms. The molecule has 2 aliphatic rings. The molecule has 0 radical (unpaired) electrons. The van der Waals surface area contributed by atoms with Gasteiger partial charge in [0.05, 0.1) is 30.4 Å². The third kappa shape index (κ3) is 5.96. The van der Waals surface area contributed by atoms with Gasteiger partial charge in [0, 0.05) is 31.5 Å². The fourth-order valence-electron chi connectivity index (χ4n) is 3.85. The van der Waals surface area contributed by atoms with Crippen molar-refractivity contribution >= 4 is 23.5 Å². The van der Waals surface area contributed by atoms with Gasteiger partial charge in [0.15, 0.2) is 5.75 Å². The highest BCUT2D eigenvalue weighted by Gasteiger charge is 2.36. The molecule has 0 saturated heterocycles. The quantitative estimate of drug-likeness (QED) is 0.578. The van der Waals surface area contributed by atoms with Crippen LogP contribution in [0.3, 0.4) is 0 Å². The molecule has 1 aliphatic carbocycles. The lowest BCUT2D eigenvalue weighted by Crippen LogP contribution is -2.51. The topological polar surface area (TPSA) is 111 Å².